The Hall–Kier alpha value is 0.647. The molecule has 106 valence electrons. The van der Waals surface area contributed by atoms with E-state index >= 15 is 0 Å². The predicted octanol–water partition coefficient (Wildman–Crippen LogP) is 5.91. The molecule has 18 heavy (non-hydrogen) atoms. The van der Waals surface area contributed by atoms with Crippen LogP contribution in [0.1, 0.15) is 51.9 Å². The van der Waals surface area contributed by atoms with Crippen molar-refractivity contribution < 1.29 is 4.43 Å². The molecular weight excluding hydrogens is 351 g/mol. The van der Waals surface area contributed by atoms with E-state index in [-0.39, 0.29) is 5.60 Å². The van der Waals surface area contributed by atoms with Gasteiger partial charge in [0.2, 0.25) is 0 Å². The second kappa shape index (κ2) is 7.43. The van der Waals surface area contributed by atoms with Crippen LogP contribution in [0.25, 0.3) is 0 Å². The van der Waals surface area contributed by atoms with Crippen LogP contribution in [0.5, 0.6) is 0 Å². The van der Waals surface area contributed by atoms with Crippen LogP contribution in [0, 0.1) is 5.92 Å². The van der Waals surface area contributed by atoms with E-state index in [0.29, 0.717) is 0 Å². The molecule has 1 rings (SSSR count). The first-order chi connectivity index (χ1) is 8.43. The maximum atomic E-state index is 6.66. The second-order valence-corrected chi connectivity index (χ2v) is 11.7. The summed E-state index contributed by atoms with van der Waals surface area (Å²) in [5.41, 5.74) is 0.0546. The Balaban J connectivity index is 2.88. The van der Waals surface area contributed by atoms with Crippen molar-refractivity contribution in [3.8, 4) is 0 Å². The van der Waals surface area contributed by atoms with Crippen LogP contribution in [-0.2, 0) is 4.43 Å². The summed E-state index contributed by atoms with van der Waals surface area (Å²) in [6, 6.07) is 0. The van der Waals surface area contributed by atoms with Gasteiger partial charge in [0.15, 0.2) is 8.32 Å². The van der Waals surface area contributed by atoms with Gasteiger partial charge in [0.25, 0.3) is 0 Å². The summed E-state index contributed by atoms with van der Waals surface area (Å²) in [7, 11) is -1.49. The molecule has 0 spiro atoms. The van der Waals surface area contributed by atoms with Crippen LogP contribution in [-0.4, -0.2) is 13.9 Å². The fourth-order valence-electron chi connectivity index (χ4n) is 3.14. The molecule has 0 saturated heterocycles. The summed E-state index contributed by atoms with van der Waals surface area (Å²) in [6.45, 7) is 9.25. The van der Waals surface area contributed by atoms with E-state index in [1.807, 2.05) is 0 Å². The normalized spacial score (nSPS) is 29.9. The van der Waals surface area contributed by atoms with Gasteiger partial charge >= 0.3 is 0 Å². The van der Waals surface area contributed by atoms with Gasteiger partial charge in [0, 0.05) is 0 Å². The van der Waals surface area contributed by atoms with Crippen molar-refractivity contribution in [1.29, 1.82) is 0 Å². The second-order valence-electron chi connectivity index (χ2n) is 6.55. The smallest absolute Gasteiger partial charge is 0.184 e. The Morgan fingerprint density at radius 1 is 1.33 bits per heavy atom. The molecule has 0 amide bonds. The van der Waals surface area contributed by atoms with Gasteiger partial charge in [-0.25, -0.2) is 0 Å². The third kappa shape index (κ3) is 4.97. The van der Waals surface area contributed by atoms with E-state index < -0.39 is 8.32 Å². The van der Waals surface area contributed by atoms with Crippen LogP contribution < -0.4 is 0 Å². The fraction of sp³-hybridized carbons (Fsp3) is 0.867. The van der Waals surface area contributed by atoms with E-state index in [4.69, 9.17) is 4.43 Å². The molecule has 0 aromatic heterocycles. The number of unbranched alkanes of at least 4 members (excludes halogenated alkanes) is 1. The average Bonchev–Trinajstić information content (AvgIpc) is 2.26. The van der Waals surface area contributed by atoms with Gasteiger partial charge in [-0.2, -0.15) is 0 Å². The zero-order valence-corrected chi connectivity index (χ0v) is 15.6. The molecule has 2 unspecified atom stereocenters. The number of rotatable bonds is 6. The maximum Gasteiger partial charge on any atom is 0.184 e. The first-order valence-corrected chi connectivity index (χ1v) is 12.1. The number of hydrogen-bond acceptors (Lipinski definition) is 1. The van der Waals surface area contributed by atoms with Gasteiger partial charge in [0.1, 0.15) is 0 Å². The SMILES string of the molecule is CCCCC1CCCCC1(C=CI)O[Si](C)(C)C. The van der Waals surface area contributed by atoms with Crippen LogP contribution >= 0.6 is 22.6 Å². The molecule has 1 nitrogen and oxygen atoms in total. The lowest BCUT2D eigenvalue weighted by molar-refractivity contribution is 0.00775. The third-order valence-corrected chi connectivity index (χ3v) is 5.16. The topological polar surface area (TPSA) is 9.23 Å². The lowest BCUT2D eigenvalue weighted by Crippen LogP contribution is -2.48. The van der Waals surface area contributed by atoms with Gasteiger partial charge in [-0.1, -0.05) is 55.2 Å². The minimum absolute atomic E-state index is 0.0546. The zero-order chi connectivity index (χ0) is 13.6. The van der Waals surface area contributed by atoms with Crippen molar-refractivity contribution in [3.05, 3.63) is 10.2 Å². The molecule has 0 bridgehead atoms. The Bertz CT molecular complexity index is 272. The van der Waals surface area contributed by atoms with Crippen LogP contribution in [0.3, 0.4) is 0 Å². The minimum atomic E-state index is -1.49. The highest BCUT2D eigenvalue weighted by Gasteiger charge is 2.41. The molecule has 0 heterocycles. The molecule has 1 fully saturated rings. The quantitative estimate of drug-likeness (QED) is 0.411. The highest BCUT2D eigenvalue weighted by molar-refractivity contribution is 14.1. The van der Waals surface area contributed by atoms with E-state index in [9.17, 15) is 0 Å². The van der Waals surface area contributed by atoms with Gasteiger partial charge in [0.05, 0.1) is 5.60 Å². The molecule has 1 aliphatic carbocycles. The van der Waals surface area contributed by atoms with E-state index in [2.05, 4.69) is 59.3 Å². The largest absolute Gasteiger partial charge is 0.408 e. The molecule has 0 N–H and O–H groups in total. The summed E-state index contributed by atoms with van der Waals surface area (Å²) in [5, 5.41) is 0. The molecule has 3 heteroatoms. The zero-order valence-electron chi connectivity index (χ0n) is 12.5. The summed E-state index contributed by atoms with van der Waals surface area (Å²) < 4.78 is 8.85. The first kappa shape index (κ1) is 16.7. The molecule has 0 aromatic rings. The predicted molar refractivity (Wildman–Crippen MR) is 91.8 cm³/mol. The summed E-state index contributed by atoms with van der Waals surface area (Å²) in [5.74, 6) is 0.740. The highest BCUT2D eigenvalue weighted by atomic mass is 127. The Labute approximate surface area is 128 Å². The van der Waals surface area contributed by atoms with Crippen LogP contribution in [0.15, 0.2) is 10.2 Å². The molecule has 2 atom stereocenters. The summed E-state index contributed by atoms with van der Waals surface area (Å²) in [4.78, 5) is 0. The van der Waals surface area contributed by atoms with E-state index in [0.717, 1.165) is 5.92 Å². The molecule has 0 radical (unpaired) electrons. The Morgan fingerprint density at radius 2 is 2.06 bits per heavy atom. The van der Waals surface area contributed by atoms with Gasteiger partial charge in [-0.15, -0.1) is 0 Å². The van der Waals surface area contributed by atoms with E-state index in [1.165, 1.54) is 44.9 Å². The van der Waals surface area contributed by atoms with Crippen molar-refractivity contribution in [2.45, 2.75) is 77.1 Å². The third-order valence-electron chi connectivity index (χ3n) is 3.81. The first-order valence-electron chi connectivity index (χ1n) is 7.41. The van der Waals surface area contributed by atoms with Gasteiger partial charge < -0.3 is 4.43 Å². The van der Waals surface area contributed by atoms with Crippen LogP contribution in [0.2, 0.25) is 19.6 Å². The minimum Gasteiger partial charge on any atom is -0.408 e. The van der Waals surface area contributed by atoms with Gasteiger partial charge in [-0.05, 0) is 55.0 Å². The molecule has 0 aromatic carbocycles. The number of hydrogen-bond donors (Lipinski definition) is 0. The van der Waals surface area contributed by atoms with Crippen molar-refractivity contribution in [3.63, 3.8) is 0 Å². The van der Waals surface area contributed by atoms with Crippen molar-refractivity contribution >= 4 is 30.9 Å². The number of halogens is 1. The summed E-state index contributed by atoms with van der Waals surface area (Å²) >= 11 is 2.35. The lowest BCUT2D eigenvalue weighted by Gasteiger charge is -2.46. The van der Waals surface area contributed by atoms with Gasteiger partial charge in [-0.3, -0.25) is 0 Å². The fourth-order valence-corrected chi connectivity index (χ4v) is 5.23. The monoisotopic (exact) mass is 380 g/mol. The standard InChI is InChI=1S/C15H29IOSi/c1-5-6-9-14-10-7-8-11-15(14,12-13-16)17-18(2,3)4/h12-14H,5-11H2,1-4H3. The Morgan fingerprint density at radius 3 is 2.61 bits per heavy atom. The molecule has 1 saturated carbocycles. The van der Waals surface area contributed by atoms with Crippen molar-refractivity contribution in [1.82, 2.24) is 0 Å². The Kier molecular flexibility index (Phi) is 6.90. The maximum absolute atomic E-state index is 6.66. The molecule has 0 aliphatic heterocycles. The van der Waals surface area contributed by atoms with Crippen LogP contribution in [0.4, 0.5) is 0 Å². The van der Waals surface area contributed by atoms with Crippen molar-refractivity contribution in [2.24, 2.45) is 5.92 Å². The summed E-state index contributed by atoms with van der Waals surface area (Å²) in [6.07, 6.45) is 11.6. The van der Waals surface area contributed by atoms with Crippen molar-refractivity contribution in [2.75, 3.05) is 0 Å². The molecule has 1 aliphatic rings. The average molecular weight is 380 g/mol. The van der Waals surface area contributed by atoms with E-state index in [1.54, 1.807) is 0 Å². The highest BCUT2D eigenvalue weighted by Crippen LogP contribution is 2.42. The lowest BCUT2D eigenvalue weighted by atomic mass is 9.73. The molecular formula is C15H29IOSi.